The Bertz CT molecular complexity index is 1350. The van der Waals surface area contributed by atoms with Gasteiger partial charge in [0.1, 0.15) is 29.0 Å². The van der Waals surface area contributed by atoms with Crippen LogP contribution in [0.4, 0.5) is 8.78 Å². The summed E-state index contributed by atoms with van der Waals surface area (Å²) in [5.41, 5.74) is -0.864. The Kier molecular flexibility index (Phi) is 5.92. The Hall–Kier alpha value is -2.61. The fourth-order valence-electron chi connectivity index (χ4n) is 3.50. The maximum atomic E-state index is 13.8. The molecule has 1 aliphatic rings. The second-order valence-corrected chi connectivity index (χ2v) is 9.75. The van der Waals surface area contributed by atoms with E-state index in [-0.39, 0.29) is 35.4 Å². The molecule has 4 rings (SSSR count). The van der Waals surface area contributed by atoms with E-state index in [9.17, 15) is 23.5 Å². The van der Waals surface area contributed by atoms with Gasteiger partial charge in [0.05, 0.1) is 34.2 Å². The van der Waals surface area contributed by atoms with Crippen LogP contribution in [0.25, 0.3) is 21.3 Å². The number of nitrogens with zero attached hydrogens (tertiary/aromatic N) is 3. The first-order valence-electron chi connectivity index (χ1n) is 9.69. The van der Waals surface area contributed by atoms with Crippen molar-refractivity contribution >= 4 is 43.4 Å². The number of thiophene rings is 1. The standard InChI is InChI=1S/C22H18BrF2N3O3S/c1-12(29)3-6-16-18(13-4-5-15(24)14(23)7-13)19-20(32-16)26-11-27(21(19)31)8-17(30)28-9-22(2,25)10-28/h4-5,7,11-12,29H,8-10H2,1-2H3/t12-/m0/s1. The number of hydrogen-bond donors (Lipinski definition) is 1. The monoisotopic (exact) mass is 521 g/mol. The zero-order valence-corrected chi connectivity index (χ0v) is 19.6. The van der Waals surface area contributed by atoms with Crippen LogP contribution in [0.2, 0.25) is 0 Å². The summed E-state index contributed by atoms with van der Waals surface area (Å²) in [6, 6.07) is 4.33. The molecule has 6 nitrogen and oxygen atoms in total. The number of hydrogen-bond acceptors (Lipinski definition) is 5. The minimum absolute atomic E-state index is 0.0113. The third kappa shape index (κ3) is 4.33. The summed E-state index contributed by atoms with van der Waals surface area (Å²) in [4.78, 5) is 32.4. The van der Waals surface area contributed by atoms with E-state index >= 15 is 0 Å². The quantitative estimate of drug-likeness (QED) is 0.536. The molecule has 0 aliphatic carbocycles. The second-order valence-electron chi connectivity index (χ2n) is 7.90. The molecule has 0 saturated carbocycles. The molecule has 0 spiro atoms. The molecule has 1 atom stereocenters. The highest BCUT2D eigenvalue weighted by atomic mass is 79.9. The molecule has 1 N–H and O–H groups in total. The van der Waals surface area contributed by atoms with Crippen LogP contribution in [0.5, 0.6) is 0 Å². The maximum absolute atomic E-state index is 13.8. The van der Waals surface area contributed by atoms with Crippen LogP contribution in [0.1, 0.15) is 18.7 Å². The molecule has 0 radical (unpaired) electrons. The number of likely N-dealkylation sites (tertiary alicyclic amines) is 1. The van der Waals surface area contributed by atoms with Gasteiger partial charge >= 0.3 is 0 Å². The van der Waals surface area contributed by atoms with Crippen molar-refractivity contribution in [3.8, 4) is 23.0 Å². The summed E-state index contributed by atoms with van der Waals surface area (Å²) >= 11 is 4.33. The lowest BCUT2D eigenvalue weighted by Gasteiger charge is -2.42. The van der Waals surface area contributed by atoms with Gasteiger partial charge in [0, 0.05) is 5.56 Å². The van der Waals surface area contributed by atoms with Gasteiger partial charge in [-0.25, -0.2) is 13.8 Å². The molecule has 1 aromatic carbocycles. The predicted octanol–water partition coefficient (Wildman–Crippen LogP) is 3.33. The van der Waals surface area contributed by atoms with Crippen molar-refractivity contribution in [2.24, 2.45) is 0 Å². The van der Waals surface area contributed by atoms with Gasteiger partial charge in [0.2, 0.25) is 5.91 Å². The van der Waals surface area contributed by atoms with Gasteiger partial charge in [-0.05, 0) is 47.5 Å². The van der Waals surface area contributed by atoms with Gasteiger partial charge in [0.25, 0.3) is 5.56 Å². The number of carbonyl (C=O) groups is 1. The molecule has 3 heterocycles. The molecule has 1 amide bonds. The second kappa shape index (κ2) is 8.39. The minimum atomic E-state index is -1.41. The molecule has 1 saturated heterocycles. The molecule has 0 bridgehead atoms. The molecule has 166 valence electrons. The number of aliphatic hydroxyl groups excluding tert-OH is 1. The molecule has 0 unspecified atom stereocenters. The van der Waals surface area contributed by atoms with Crippen molar-refractivity contribution < 1.29 is 18.7 Å². The Labute approximate surface area is 194 Å². The van der Waals surface area contributed by atoms with Gasteiger partial charge in [-0.2, -0.15) is 0 Å². The van der Waals surface area contributed by atoms with E-state index in [4.69, 9.17) is 0 Å². The lowest BCUT2D eigenvalue weighted by atomic mass is 9.99. The van der Waals surface area contributed by atoms with Crippen LogP contribution in [-0.2, 0) is 11.3 Å². The van der Waals surface area contributed by atoms with Crippen LogP contribution < -0.4 is 5.56 Å². The molecule has 2 aromatic heterocycles. The average molecular weight is 522 g/mol. The molecular weight excluding hydrogens is 504 g/mol. The first-order valence-corrected chi connectivity index (χ1v) is 11.3. The topological polar surface area (TPSA) is 75.4 Å². The lowest BCUT2D eigenvalue weighted by molar-refractivity contribution is -0.144. The zero-order valence-electron chi connectivity index (χ0n) is 17.2. The summed E-state index contributed by atoms with van der Waals surface area (Å²) in [5, 5.41) is 9.82. The van der Waals surface area contributed by atoms with E-state index in [1.807, 2.05) is 0 Å². The Morgan fingerprint density at radius 3 is 2.78 bits per heavy atom. The summed E-state index contributed by atoms with van der Waals surface area (Å²) < 4.78 is 29.0. The number of halogens is 3. The van der Waals surface area contributed by atoms with Crippen LogP contribution in [-0.4, -0.2) is 50.3 Å². The highest BCUT2D eigenvalue weighted by Crippen LogP contribution is 2.37. The number of amides is 1. The normalized spacial score (nSPS) is 15.8. The number of fused-ring (bicyclic) bond motifs is 1. The van der Waals surface area contributed by atoms with E-state index in [2.05, 4.69) is 32.8 Å². The van der Waals surface area contributed by atoms with Crippen molar-refractivity contribution in [3.63, 3.8) is 0 Å². The van der Waals surface area contributed by atoms with Gasteiger partial charge < -0.3 is 10.0 Å². The van der Waals surface area contributed by atoms with Gasteiger partial charge in [-0.1, -0.05) is 17.9 Å². The summed E-state index contributed by atoms with van der Waals surface area (Å²) in [6.07, 6.45) is 0.400. The molecule has 32 heavy (non-hydrogen) atoms. The minimum Gasteiger partial charge on any atom is -0.381 e. The lowest BCUT2D eigenvalue weighted by Crippen LogP contribution is -2.60. The van der Waals surface area contributed by atoms with E-state index in [0.717, 1.165) is 0 Å². The number of aliphatic hydroxyl groups is 1. The number of alkyl halides is 1. The predicted molar refractivity (Wildman–Crippen MR) is 122 cm³/mol. The van der Waals surface area contributed by atoms with E-state index in [1.54, 1.807) is 0 Å². The summed E-state index contributed by atoms with van der Waals surface area (Å²) in [6.45, 7) is 2.65. The van der Waals surface area contributed by atoms with Crippen LogP contribution in [0.3, 0.4) is 0 Å². The summed E-state index contributed by atoms with van der Waals surface area (Å²) in [7, 11) is 0. The highest BCUT2D eigenvalue weighted by Gasteiger charge is 2.41. The third-order valence-corrected chi connectivity index (χ3v) is 6.60. The van der Waals surface area contributed by atoms with Crippen LogP contribution in [0.15, 0.2) is 33.8 Å². The average Bonchev–Trinajstić information content (AvgIpc) is 3.08. The van der Waals surface area contributed by atoms with Crippen molar-refractivity contribution in [1.82, 2.24) is 14.5 Å². The van der Waals surface area contributed by atoms with Crippen LogP contribution >= 0.6 is 27.3 Å². The fraction of sp³-hybridized carbons (Fsp3) is 0.318. The van der Waals surface area contributed by atoms with Crippen molar-refractivity contribution in [1.29, 1.82) is 0 Å². The van der Waals surface area contributed by atoms with E-state index in [0.29, 0.717) is 20.8 Å². The molecule has 1 aliphatic heterocycles. The van der Waals surface area contributed by atoms with E-state index < -0.39 is 23.1 Å². The van der Waals surface area contributed by atoms with Crippen molar-refractivity contribution in [2.45, 2.75) is 32.2 Å². The molecule has 1 fully saturated rings. The van der Waals surface area contributed by atoms with Crippen LogP contribution in [0, 0.1) is 17.7 Å². The first-order chi connectivity index (χ1) is 15.1. The SMILES string of the molecule is C[C@H](O)C#Cc1sc2ncn(CC(=O)N3CC(C)(F)C3)c(=O)c2c1-c1ccc(F)c(Br)c1. The van der Waals surface area contributed by atoms with Crippen molar-refractivity contribution in [2.75, 3.05) is 13.1 Å². The number of benzene rings is 1. The third-order valence-electron chi connectivity index (χ3n) is 4.98. The smallest absolute Gasteiger partial charge is 0.263 e. The fourth-order valence-corrected chi connectivity index (χ4v) is 4.89. The molecular formula is C22H18BrF2N3O3S. The number of rotatable bonds is 3. The highest BCUT2D eigenvalue weighted by molar-refractivity contribution is 9.10. The maximum Gasteiger partial charge on any atom is 0.263 e. The van der Waals surface area contributed by atoms with Crippen molar-refractivity contribution in [3.05, 3.63) is 50.0 Å². The Morgan fingerprint density at radius 1 is 1.44 bits per heavy atom. The first kappa shape index (κ1) is 22.6. The Morgan fingerprint density at radius 2 is 2.16 bits per heavy atom. The number of aromatic nitrogens is 2. The van der Waals surface area contributed by atoms with Gasteiger partial charge in [-0.15, -0.1) is 11.3 Å². The molecule has 3 aromatic rings. The van der Waals surface area contributed by atoms with E-state index in [1.165, 1.54) is 59.2 Å². The van der Waals surface area contributed by atoms with Gasteiger partial charge in [0.15, 0.2) is 0 Å². The summed E-state index contributed by atoms with van der Waals surface area (Å²) in [5.74, 6) is 4.70. The molecule has 10 heteroatoms. The van der Waals surface area contributed by atoms with Gasteiger partial charge in [-0.3, -0.25) is 14.2 Å². The Balaban J connectivity index is 1.83. The zero-order chi connectivity index (χ0) is 23.2. The largest absolute Gasteiger partial charge is 0.381 e. The number of carbonyl (C=O) groups excluding carboxylic acids is 1.